The van der Waals surface area contributed by atoms with Gasteiger partial charge in [0.2, 0.25) is 0 Å². The number of carbonyl (C=O) groups is 1. The Balaban J connectivity index is 2.54. The Morgan fingerprint density at radius 1 is 1.58 bits per heavy atom. The number of thiocarbonyl (C=S) groups is 1. The maximum absolute atomic E-state index is 11.1. The second kappa shape index (κ2) is 8.04. The molecule has 0 spiro atoms. The standard InChI is InChI=1S/C12H15N3O3S/c1-2-17-11(16)8-18-10-5-3-4-9(6-10)7-14-15-12(13)19/h3-7H,2,8H2,1H3,(H3,13,15,19)/b14-7-. The van der Waals surface area contributed by atoms with E-state index in [0.29, 0.717) is 12.4 Å². The Bertz CT molecular complexity index is 477. The van der Waals surface area contributed by atoms with Gasteiger partial charge in [0.05, 0.1) is 12.8 Å². The molecular formula is C12H15N3O3S. The number of rotatable bonds is 6. The number of ether oxygens (including phenoxy) is 2. The molecule has 0 saturated carbocycles. The Labute approximate surface area is 116 Å². The first-order valence-electron chi connectivity index (χ1n) is 5.59. The van der Waals surface area contributed by atoms with Gasteiger partial charge in [-0.3, -0.25) is 5.43 Å². The Hall–Kier alpha value is -2.15. The Kier molecular flexibility index (Phi) is 6.31. The number of esters is 1. The van der Waals surface area contributed by atoms with Crippen molar-refractivity contribution in [1.29, 1.82) is 0 Å². The van der Waals surface area contributed by atoms with Gasteiger partial charge in [0, 0.05) is 0 Å². The van der Waals surface area contributed by atoms with Crippen molar-refractivity contribution in [3.8, 4) is 5.75 Å². The summed E-state index contributed by atoms with van der Waals surface area (Å²) in [5.41, 5.74) is 8.45. The van der Waals surface area contributed by atoms with Crippen LogP contribution in [-0.2, 0) is 9.53 Å². The summed E-state index contributed by atoms with van der Waals surface area (Å²) >= 11 is 4.61. The van der Waals surface area contributed by atoms with E-state index in [4.69, 9.17) is 15.2 Å². The van der Waals surface area contributed by atoms with Crippen molar-refractivity contribution in [1.82, 2.24) is 5.43 Å². The third-order valence-corrected chi connectivity index (χ3v) is 2.00. The quantitative estimate of drug-likeness (QED) is 0.347. The lowest BCUT2D eigenvalue weighted by atomic mass is 10.2. The van der Waals surface area contributed by atoms with Crippen molar-refractivity contribution >= 4 is 29.5 Å². The van der Waals surface area contributed by atoms with Gasteiger partial charge in [-0.2, -0.15) is 5.10 Å². The van der Waals surface area contributed by atoms with Gasteiger partial charge >= 0.3 is 5.97 Å². The molecule has 1 aromatic rings. The molecule has 0 heterocycles. The van der Waals surface area contributed by atoms with E-state index in [1.807, 2.05) is 6.07 Å². The summed E-state index contributed by atoms with van der Waals surface area (Å²) in [4.78, 5) is 11.1. The van der Waals surface area contributed by atoms with Crippen LogP contribution in [0.3, 0.4) is 0 Å². The van der Waals surface area contributed by atoms with Crippen molar-refractivity contribution < 1.29 is 14.3 Å². The molecule has 19 heavy (non-hydrogen) atoms. The first-order chi connectivity index (χ1) is 9.11. The SMILES string of the molecule is CCOC(=O)COc1cccc(/C=N\NC(N)=S)c1. The van der Waals surface area contributed by atoms with Crippen LogP contribution in [0.4, 0.5) is 0 Å². The zero-order valence-corrected chi connectivity index (χ0v) is 11.3. The minimum atomic E-state index is -0.406. The number of hydrazone groups is 1. The molecule has 102 valence electrons. The molecule has 0 aliphatic heterocycles. The number of carbonyl (C=O) groups excluding carboxylic acids is 1. The highest BCUT2D eigenvalue weighted by Crippen LogP contribution is 2.11. The number of hydrogen-bond acceptors (Lipinski definition) is 5. The van der Waals surface area contributed by atoms with Gasteiger partial charge < -0.3 is 15.2 Å². The van der Waals surface area contributed by atoms with Crippen LogP contribution >= 0.6 is 12.2 Å². The van der Waals surface area contributed by atoms with Crippen LogP contribution < -0.4 is 15.9 Å². The van der Waals surface area contributed by atoms with Gasteiger partial charge in [-0.15, -0.1) is 0 Å². The molecule has 1 aromatic carbocycles. The van der Waals surface area contributed by atoms with Crippen LogP contribution in [-0.4, -0.2) is 30.5 Å². The third-order valence-electron chi connectivity index (χ3n) is 1.91. The summed E-state index contributed by atoms with van der Waals surface area (Å²) < 4.78 is 10.0. The highest BCUT2D eigenvalue weighted by Gasteiger charge is 2.02. The van der Waals surface area contributed by atoms with Gasteiger partial charge in [0.25, 0.3) is 0 Å². The highest BCUT2D eigenvalue weighted by molar-refractivity contribution is 7.80. The van der Waals surface area contributed by atoms with Crippen LogP contribution in [0, 0.1) is 0 Å². The summed E-state index contributed by atoms with van der Waals surface area (Å²) in [6, 6.07) is 7.06. The number of hydrogen-bond donors (Lipinski definition) is 2. The molecule has 0 amide bonds. The molecule has 0 atom stereocenters. The number of benzene rings is 1. The van der Waals surface area contributed by atoms with Crippen molar-refractivity contribution in [3.63, 3.8) is 0 Å². The van der Waals surface area contributed by atoms with E-state index in [1.54, 1.807) is 25.1 Å². The second-order valence-electron chi connectivity index (χ2n) is 3.40. The van der Waals surface area contributed by atoms with Gasteiger partial charge in [0.1, 0.15) is 5.75 Å². The van der Waals surface area contributed by atoms with E-state index in [-0.39, 0.29) is 11.7 Å². The summed E-state index contributed by atoms with van der Waals surface area (Å²) in [5, 5.41) is 3.91. The zero-order chi connectivity index (χ0) is 14.1. The Morgan fingerprint density at radius 3 is 3.05 bits per heavy atom. The molecule has 0 saturated heterocycles. The molecule has 6 nitrogen and oxygen atoms in total. The summed E-state index contributed by atoms with van der Waals surface area (Å²) in [5.74, 6) is 0.143. The summed E-state index contributed by atoms with van der Waals surface area (Å²) in [6.07, 6.45) is 1.54. The highest BCUT2D eigenvalue weighted by atomic mass is 32.1. The average Bonchev–Trinajstić information content (AvgIpc) is 2.37. The van der Waals surface area contributed by atoms with E-state index in [2.05, 4.69) is 22.7 Å². The summed E-state index contributed by atoms with van der Waals surface area (Å²) in [6.45, 7) is 1.95. The topological polar surface area (TPSA) is 85.9 Å². The maximum Gasteiger partial charge on any atom is 0.344 e. The number of nitrogens with zero attached hydrogens (tertiary/aromatic N) is 1. The van der Waals surface area contributed by atoms with Crippen LogP contribution in [0.25, 0.3) is 0 Å². The normalized spacial score (nSPS) is 10.2. The maximum atomic E-state index is 11.1. The first-order valence-corrected chi connectivity index (χ1v) is 5.99. The Morgan fingerprint density at radius 2 is 2.37 bits per heavy atom. The molecule has 0 radical (unpaired) electrons. The molecule has 0 unspecified atom stereocenters. The third kappa shape index (κ3) is 6.37. The minimum Gasteiger partial charge on any atom is -0.482 e. The zero-order valence-electron chi connectivity index (χ0n) is 10.5. The smallest absolute Gasteiger partial charge is 0.344 e. The molecule has 0 aliphatic rings. The molecular weight excluding hydrogens is 266 g/mol. The fourth-order valence-corrected chi connectivity index (χ4v) is 1.25. The van der Waals surface area contributed by atoms with E-state index in [1.165, 1.54) is 6.21 Å². The lowest BCUT2D eigenvalue weighted by Gasteiger charge is -2.06. The van der Waals surface area contributed by atoms with Crippen LogP contribution in [0.5, 0.6) is 5.75 Å². The molecule has 0 aliphatic carbocycles. The lowest BCUT2D eigenvalue weighted by molar-refractivity contribution is -0.145. The fourth-order valence-electron chi connectivity index (χ4n) is 1.20. The number of nitrogens with one attached hydrogen (secondary N) is 1. The fraction of sp³-hybridized carbons (Fsp3) is 0.250. The van der Waals surface area contributed by atoms with Gasteiger partial charge in [-0.25, -0.2) is 4.79 Å². The van der Waals surface area contributed by atoms with Gasteiger partial charge in [-0.05, 0) is 36.8 Å². The largest absolute Gasteiger partial charge is 0.482 e. The molecule has 0 bridgehead atoms. The van der Waals surface area contributed by atoms with Crippen molar-refractivity contribution in [3.05, 3.63) is 29.8 Å². The van der Waals surface area contributed by atoms with E-state index >= 15 is 0 Å². The first kappa shape index (κ1) is 14.9. The van der Waals surface area contributed by atoms with Crippen molar-refractivity contribution in [2.45, 2.75) is 6.92 Å². The molecule has 0 fully saturated rings. The number of nitrogens with two attached hydrogens (primary N) is 1. The summed E-state index contributed by atoms with van der Waals surface area (Å²) in [7, 11) is 0. The predicted molar refractivity (Wildman–Crippen MR) is 76.1 cm³/mol. The average molecular weight is 281 g/mol. The molecule has 1 rings (SSSR count). The second-order valence-corrected chi connectivity index (χ2v) is 3.84. The van der Waals surface area contributed by atoms with Crippen molar-refractivity contribution in [2.24, 2.45) is 10.8 Å². The minimum absolute atomic E-state index is 0.0889. The molecule has 0 aromatic heterocycles. The van der Waals surface area contributed by atoms with Crippen molar-refractivity contribution in [2.75, 3.05) is 13.2 Å². The van der Waals surface area contributed by atoms with Crippen LogP contribution in [0.2, 0.25) is 0 Å². The molecule has 3 N–H and O–H groups in total. The predicted octanol–water partition coefficient (Wildman–Crippen LogP) is 0.796. The monoisotopic (exact) mass is 281 g/mol. The van der Waals surface area contributed by atoms with Gasteiger partial charge in [0.15, 0.2) is 11.7 Å². The molecule has 7 heteroatoms. The van der Waals surface area contributed by atoms with E-state index < -0.39 is 5.97 Å². The van der Waals surface area contributed by atoms with E-state index in [0.717, 1.165) is 5.56 Å². The van der Waals surface area contributed by atoms with Crippen LogP contribution in [0.1, 0.15) is 12.5 Å². The van der Waals surface area contributed by atoms with Gasteiger partial charge in [-0.1, -0.05) is 12.1 Å². The lowest BCUT2D eigenvalue weighted by Crippen LogP contribution is -2.23. The van der Waals surface area contributed by atoms with Crippen LogP contribution in [0.15, 0.2) is 29.4 Å². The van der Waals surface area contributed by atoms with E-state index in [9.17, 15) is 4.79 Å².